The number of nitriles is 1. The van der Waals surface area contributed by atoms with Gasteiger partial charge in [-0.3, -0.25) is 4.90 Å². The molecule has 2 bridgehead atoms. The maximum absolute atomic E-state index is 9.50. The average molecular weight is 389 g/mol. The zero-order valence-electron chi connectivity index (χ0n) is 17.0. The van der Waals surface area contributed by atoms with Crippen molar-refractivity contribution in [2.24, 2.45) is 11.8 Å². The van der Waals surface area contributed by atoms with E-state index < -0.39 is 0 Å². The van der Waals surface area contributed by atoms with E-state index in [2.05, 4.69) is 45.1 Å². The van der Waals surface area contributed by atoms with Crippen LogP contribution in [0.1, 0.15) is 42.9 Å². The summed E-state index contributed by atoms with van der Waals surface area (Å²) in [4.78, 5) is 9.74. The molecule has 4 heterocycles. The fourth-order valence-electron chi connectivity index (χ4n) is 5.90. The Morgan fingerprint density at radius 1 is 1.10 bits per heavy atom. The van der Waals surface area contributed by atoms with Crippen LogP contribution in [0.5, 0.6) is 5.75 Å². The summed E-state index contributed by atoms with van der Waals surface area (Å²) in [7, 11) is 1.72. The topological polar surface area (TPSA) is 52.4 Å². The lowest BCUT2D eigenvalue weighted by atomic mass is 9.74. The molecular weight excluding hydrogens is 360 g/mol. The van der Waals surface area contributed by atoms with Crippen LogP contribution in [0, 0.1) is 23.2 Å². The van der Waals surface area contributed by atoms with Gasteiger partial charge in [-0.05, 0) is 67.3 Å². The summed E-state index contributed by atoms with van der Waals surface area (Å²) in [5, 5.41) is 9.50. The van der Waals surface area contributed by atoms with Gasteiger partial charge in [0.05, 0.1) is 12.7 Å². The Morgan fingerprint density at radius 2 is 1.97 bits per heavy atom. The summed E-state index contributed by atoms with van der Waals surface area (Å²) in [5.74, 6) is 3.09. The van der Waals surface area contributed by atoms with Gasteiger partial charge < -0.3 is 9.64 Å². The molecule has 5 nitrogen and oxygen atoms in total. The molecule has 1 aromatic carbocycles. The highest BCUT2D eigenvalue weighted by molar-refractivity contribution is 5.54. The first kappa shape index (κ1) is 18.4. The number of nitrogens with zero attached hydrogens (tertiary/aromatic N) is 4. The van der Waals surface area contributed by atoms with Gasteiger partial charge in [0.15, 0.2) is 0 Å². The molecule has 0 spiro atoms. The van der Waals surface area contributed by atoms with Gasteiger partial charge in [0.25, 0.3) is 0 Å². The summed E-state index contributed by atoms with van der Waals surface area (Å²) in [6.45, 7) is 3.16. The molecule has 1 aromatic heterocycles. The molecule has 150 valence electrons. The summed E-state index contributed by atoms with van der Waals surface area (Å²) in [6.07, 6.45) is 6.93. The van der Waals surface area contributed by atoms with E-state index in [1.807, 2.05) is 18.3 Å². The summed E-state index contributed by atoms with van der Waals surface area (Å²) in [6, 6.07) is 15.9. The number of fused-ring (bicyclic) bond motifs is 4. The fourth-order valence-corrected chi connectivity index (χ4v) is 5.90. The second-order valence-electron chi connectivity index (χ2n) is 8.74. The first-order valence-electron chi connectivity index (χ1n) is 10.8. The van der Waals surface area contributed by atoms with Crippen molar-refractivity contribution in [1.82, 2.24) is 9.88 Å². The molecule has 0 aliphatic carbocycles. The van der Waals surface area contributed by atoms with E-state index in [4.69, 9.17) is 4.74 Å². The quantitative estimate of drug-likeness (QED) is 0.795. The van der Waals surface area contributed by atoms with E-state index in [9.17, 15) is 5.26 Å². The molecule has 0 unspecified atom stereocenters. The molecule has 0 saturated carbocycles. The minimum Gasteiger partial charge on any atom is -0.497 e. The minimum absolute atomic E-state index is 0.515. The summed E-state index contributed by atoms with van der Waals surface area (Å²) in [5.41, 5.74) is 2.12. The Labute approximate surface area is 172 Å². The highest BCUT2D eigenvalue weighted by Gasteiger charge is 2.45. The van der Waals surface area contributed by atoms with Gasteiger partial charge in [0.2, 0.25) is 0 Å². The number of ether oxygens (including phenoxy) is 1. The second-order valence-corrected chi connectivity index (χ2v) is 8.74. The third-order valence-corrected chi connectivity index (χ3v) is 7.09. The Hall–Kier alpha value is -2.58. The molecule has 4 atom stereocenters. The van der Waals surface area contributed by atoms with Gasteiger partial charge in [0, 0.05) is 37.9 Å². The number of benzene rings is 1. The van der Waals surface area contributed by atoms with Crippen molar-refractivity contribution in [3.8, 4) is 11.8 Å². The third kappa shape index (κ3) is 3.36. The predicted octanol–water partition coefficient (Wildman–Crippen LogP) is 4.01. The first-order valence-corrected chi connectivity index (χ1v) is 10.8. The number of aromatic nitrogens is 1. The van der Waals surface area contributed by atoms with Crippen LogP contribution in [-0.2, 0) is 0 Å². The average Bonchev–Trinajstić information content (AvgIpc) is 2.78. The summed E-state index contributed by atoms with van der Waals surface area (Å²) >= 11 is 0. The normalized spacial score (nSPS) is 29.0. The van der Waals surface area contributed by atoms with Crippen molar-refractivity contribution in [3.05, 3.63) is 53.7 Å². The number of anilines is 1. The minimum atomic E-state index is 0.515. The molecule has 29 heavy (non-hydrogen) atoms. The van der Waals surface area contributed by atoms with Crippen molar-refractivity contribution >= 4 is 5.82 Å². The molecule has 2 aromatic rings. The lowest BCUT2D eigenvalue weighted by Crippen LogP contribution is -2.59. The smallest absolute Gasteiger partial charge is 0.146 e. The van der Waals surface area contributed by atoms with Crippen LogP contribution >= 0.6 is 0 Å². The monoisotopic (exact) mass is 388 g/mol. The highest BCUT2D eigenvalue weighted by atomic mass is 16.5. The maximum Gasteiger partial charge on any atom is 0.146 e. The first-order chi connectivity index (χ1) is 14.3. The van der Waals surface area contributed by atoms with Crippen LogP contribution in [0.2, 0.25) is 0 Å². The van der Waals surface area contributed by atoms with Gasteiger partial charge in [-0.25, -0.2) is 4.98 Å². The standard InChI is InChI=1S/C24H28N4O/c1-29-21-9-7-18(8-10-21)22-5-2-6-23-20-12-17(15-28(22)23)14-27(16-20)24-19(13-25)4-3-11-26-24/h3-4,7-11,17,20,22-23H,2,5-6,12,14-16H2,1H3/t17-,20+,22+,23-/m0/s1. The summed E-state index contributed by atoms with van der Waals surface area (Å²) < 4.78 is 5.35. The van der Waals surface area contributed by atoms with Crippen LogP contribution in [0.25, 0.3) is 0 Å². The Balaban J connectivity index is 1.38. The van der Waals surface area contributed by atoms with Crippen molar-refractivity contribution in [2.45, 2.75) is 37.8 Å². The third-order valence-electron chi connectivity index (χ3n) is 7.09. The molecule has 5 heteroatoms. The molecule has 3 fully saturated rings. The lowest BCUT2D eigenvalue weighted by molar-refractivity contribution is -0.0201. The number of hydrogen-bond donors (Lipinski definition) is 0. The maximum atomic E-state index is 9.50. The molecule has 0 N–H and O–H groups in total. The van der Waals surface area contributed by atoms with Crippen molar-refractivity contribution < 1.29 is 4.74 Å². The molecular formula is C24H28N4O. The molecule has 0 radical (unpaired) electrons. The van der Waals surface area contributed by atoms with E-state index in [0.29, 0.717) is 29.5 Å². The van der Waals surface area contributed by atoms with Crippen LogP contribution in [0.4, 0.5) is 5.82 Å². The van der Waals surface area contributed by atoms with Gasteiger partial charge in [-0.15, -0.1) is 0 Å². The van der Waals surface area contributed by atoms with Gasteiger partial charge >= 0.3 is 0 Å². The van der Waals surface area contributed by atoms with E-state index in [0.717, 1.165) is 31.2 Å². The van der Waals surface area contributed by atoms with Crippen LogP contribution in [-0.4, -0.2) is 42.7 Å². The molecule has 5 rings (SSSR count). The fraction of sp³-hybridized carbons (Fsp3) is 0.500. The number of hydrogen-bond acceptors (Lipinski definition) is 5. The van der Waals surface area contributed by atoms with E-state index >= 15 is 0 Å². The SMILES string of the molecule is COc1ccc([C@H]2CCC[C@H]3[C@@H]4C[C@@H](CN(c5ncccc5C#N)C4)CN23)cc1. The van der Waals surface area contributed by atoms with Crippen LogP contribution in [0.3, 0.4) is 0 Å². The van der Waals surface area contributed by atoms with Crippen molar-refractivity contribution in [3.63, 3.8) is 0 Å². The van der Waals surface area contributed by atoms with Crippen molar-refractivity contribution in [1.29, 1.82) is 5.26 Å². The lowest BCUT2D eigenvalue weighted by Gasteiger charge is -2.55. The number of methoxy groups -OCH3 is 1. The van der Waals surface area contributed by atoms with Crippen molar-refractivity contribution in [2.75, 3.05) is 31.6 Å². The Morgan fingerprint density at radius 3 is 2.76 bits per heavy atom. The van der Waals surface area contributed by atoms with E-state index in [-0.39, 0.29) is 0 Å². The Kier molecular flexibility index (Phi) is 4.89. The van der Waals surface area contributed by atoms with Gasteiger partial charge in [-0.1, -0.05) is 12.1 Å². The van der Waals surface area contributed by atoms with Crippen LogP contribution < -0.4 is 9.64 Å². The number of piperidine rings is 3. The number of pyridine rings is 1. The van der Waals surface area contributed by atoms with Gasteiger partial charge in [-0.2, -0.15) is 5.26 Å². The molecule has 3 aliphatic heterocycles. The highest BCUT2D eigenvalue weighted by Crippen LogP contribution is 2.45. The second kappa shape index (κ2) is 7.68. The zero-order valence-corrected chi connectivity index (χ0v) is 17.0. The van der Waals surface area contributed by atoms with Crippen LogP contribution in [0.15, 0.2) is 42.6 Å². The molecule has 3 saturated heterocycles. The van der Waals surface area contributed by atoms with Gasteiger partial charge in [0.1, 0.15) is 17.6 Å². The largest absolute Gasteiger partial charge is 0.497 e. The molecule has 0 amide bonds. The van der Waals surface area contributed by atoms with E-state index in [1.54, 1.807) is 7.11 Å². The Bertz CT molecular complexity index is 906. The van der Waals surface area contributed by atoms with E-state index in [1.165, 1.54) is 31.2 Å². The predicted molar refractivity (Wildman–Crippen MR) is 113 cm³/mol. The molecule has 3 aliphatic rings. The number of rotatable bonds is 3. The zero-order chi connectivity index (χ0) is 19.8.